The number of halogens is 1. The van der Waals surface area contributed by atoms with Gasteiger partial charge in [0.1, 0.15) is 5.82 Å². The molecular weight excluding hydrogens is 432 g/mol. The van der Waals surface area contributed by atoms with Gasteiger partial charge >= 0.3 is 0 Å². The highest BCUT2D eigenvalue weighted by atomic mass is 35.5. The highest BCUT2D eigenvalue weighted by Crippen LogP contribution is 2.41. The Morgan fingerprint density at radius 2 is 1.97 bits per heavy atom. The van der Waals surface area contributed by atoms with Crippen molar-refractivity contribution in [3.05, 3.63) is 82.4 Å². The molecule has 1 fully saturated rings. The molecule has 7 heteroatoms. The van der Waals surface area contributed by atoms with Crippen LogP contribution >= 0.6 is 11.6 Å². The number of hydrogen-bond acceptors (Lipinski definition) is 5. The number of nitriles is 1. The monoisotopic (exact) mass is 452 g/mol. The number of benzene rings is 3. The van der Waals surface area contributed by atoms with E-state index in [0.717, 1.165) is 28.5 Å². The molecule has 1 aromatic heterocycles. The maximum Gasteiger partial charge on any atom is 0.229 e. The van der Waals surface area contributed by atoms with Gasteiger partial charge in [0.15, 0.2) is 0 Å². The Balaban J connectivity index is 1.61. The van der Waals surface area contributed by atoms with E-state index in [1.165, 1.54) is 23.0 Å². The van der Waals surface area contributed by atoms with E-state index in [4.69, 9.17) is 22.4 Å². The van der Waals surface area contributed by atoms with Crippen LogP contribution in [-0.2, 0) is 0 Å². The normalized spacial score (nSPS) is 13.0. The van der Waals surface area contributed by atoms with Crippen molar-refractivity contribution in [2.24, 2.45) is 0 Å². The first kappa shape index (κ1) is 20.9. The summed E-state index contributed by atoms with van der Waals surface area (Å²) in [6.45, 7) is 0. The standard InChI is InChI=1S/C26H21ClN6/c1-32(25-23-10-8-20(27)13-24(23)33(15-29)26(30)31-25)21-4-2-3-18(12-21)22-9-7-17(16-5-6-16)11-19(22)14-28/h2-4,7-13,15-16,29-30H,5-6H2,1H3. The van der Waals surface area contributed by atoms with Crippen LogP contribution in [0.2, 0.25) is 5.02 Å². The first-order chi connectivity index (χ1) is 16.0. The van der Waals surface area contributed by atoms with E-state index >= 15 is 0 Å². The number of hydrogen-bond donors (Lipinski definition) is 2. The van der Waals surface area contributed by atoms with Crippen molar-refractivity contribution in [3.8, 4) is 17.2 Å². The minimum atomic E-state index is -0.0554. The summed E-state index contributed by atoms with van der Waals surface area (Å²) in [4.78, 5) is 6.37. The van der Waals surface area contributed by atoms with Crippen LogP contribution in [0.5, 0.6) is 0 Å². The number of nitrogens with one attached hydrogen (secondary N) is 2. The Bertz CT molecular complexity index is 1510. The lowest BCUT2D eigenvalue weighted by Crippen LogP contribution is -2.26. The summed E-state index contributed by atoms with van der Waals surface area (Å²) in [6, 6.07) is 21.9. The average Bonchev–Trinajstić information content (AvgIpc) is 3.68. The summed E-state index contributed by atoms with van der Waals surface area (Å²) >= 11 is 6.19. The van der Waals surface area contributed by atoms with Crippen molar-refractivity contribution in [1.29, 1.82) is 16.1 Å². The van der Waals surface area contributed by atoms with Gasteiger partial charge in [-0.3, -0.25) is 15.4 Å². The van der Waals surface area contributed by atoms with E-state index in [-0.39, 0.29) is 5.62 Å². The van der Waals surface area contributed by atoms with Gasteiger partial charge in [0, 0.05) is 23.1 Å². The van der Waals surface area contributed by atoms with Gasteiger partial charge in [0.25, 0.3) is 0 Å². The first-order valence-corrected chi connectivity index (χ1v) is 11.0. The second-order valence-electron chi connectivity index (χ2n) is 8.22. The SMILES string of the molecule is CN(c1cccc(-c2ccc(C3CC3)cc2C#N)c1)c1nc(=N)n(C=N)c2cc(Cl)ccc12. The number of fused-ring (bicyclic) bond motifs is 1. The third kappa shape index (κ3) is 3.77. The third-order valence-electron chi connectivity index (χ3n) is 6.10. The molecule has 0 bridgehead atoms. The van der Waals surface area contributed by atoms with Gasteiger partial charge in [-0.15, -0.1) is 0 Å². The maximum absolute atomic E-state index is 9.76. The summed E-state index contributed by atoms with van der Waals surface area (Å²) in [5.74, 6) is 1.18. The Morgan fingerprint density at radius 1 is 1.15 bits per heavy atom. The lowest BCUT2D eigenvalue weighted by Gasteiger charge is -2.22. The molecule has 0 atom stereocenters. The molecule has 1 saturated carbocycles. The largest absolute Gasteiger partial charge is 0.329 e. The molecule has 0 unspecified atom stereocenters. The van der Waals surface area contributed by atoms with Crippen LogP contribution in [0.25, 0.3) is 22.0 Å². The Hall–Kier alpha value is -3.95. The lowest BCUT2D eigenvalue weighted by molar-refractivity contribution is 0.915. The molecule has 33 heavy (non-hydrogen) atoms. The van der Waals surface area contributed by atoms with Crippen LogP contribution in [0.3, 0.4) is 0 Å². The first-order valence-electron chi connectivity index (χ1n) is 10.7. The van der Waals surface area contributed by atoms with Crippen molar-refractivity contribution in [3.63, 3.8) is 0 Å². The molecule has 0 saturated heterocycles. The molecule has 1 aliphatic carbocycles. The highest BCUT2D eigenvalue weighted by Gasteiger charge is 2.24. The van der Waals surface area contributed by atoms with Crippen LogP contribution < -0.4 is 10.5 Å². The molecule has 1 aliphatic rings. The summed E-state index contributed by atoms with van der Waals surface area (Å²) < 4.78 is 1.38. The molecule has 0 spiro atoms. The second-order valence-corrected chi connectivity index (χ2v) is 8.66. The van der Waals surface area contributed by atoms with E-state index in [1.807, 2.05) is 54.4 Å². The summed E-state index contributed by atoms with van der Waals surface area (Å²) in [5, 5.41) is 27.0. The van der Waals surface area contributed by atoms with Gasteiger partial charge in [-0.1, -0.05) is 35.9 Å². The van der Waals surface area contributed by atoms with E-state index in [1.54, 1.807) is 12.1 Å². The van der Waals surface area contributed by atoms with Crippen molar-refractivity contribution in [1.82, 2.24) is 9.55 Å². The predicted molar refractivity (Wildman–Crippen MR) is 131 cm³/mol. The highest BCUT2D eigenvalue weighted by molar-refractivity contribution is 6.31. The van der Waals surface area contributed by atoms with E-state index < -0.39 is 0 Å². The Kier molecular flexibility index (Phi) is 5.20. The molecule has 6 nitrogen and oxygen atoms in total. The zero-order chi connectivity index (χ0) is 23.1. The Labute approximate surface area is 196 Å². The topological polar surface area (TPSA) is 92.6 Å². The molecule has 0 radical (unpaired) electrons. The number of rotatable bonds is 5. The van der Waals surface area contributed by atoms with Gasteiger partial charge in [0.2, 0.25) is 5.62 Å². The molecule has 3 aromatic carbocycles. The smallest absolute Gasteiger partial charge is 0.229 e. The van der Waals surface area contributed by atoms with Crippen molar-refractivity contribution < 1.29 is 0 Å². The molecule has 162 valence electrons. The fraction of sp³-hybridized carbons (Fsp3) is 0.154. The van der Waals surface area contributed by atoms with Gasteiger partial charge in [-0.05, 0) is 71.8 Å². The van der Waals surface area contributed by atoms with Crippen molar-refractivity contribution in [2.45, 2.75) is 18.8 Å². The van der Waals surface area contributed by atoms with E-state index in [9.17, 15) is 5.26 Å². The molecule has 0 aliphatic heterocycles. The van der Waals surface area contributed by atoms with Crippen LogP contribution in [0.1, 0.15) is 29.9 Å². The molecule has 5 rings (SSSR count). The quantitative estimate of drug-likeness (QED) is 0.295. The van der Waals surface area contributed by atoms with Gasteiger partial charge in [-0.2, -0.15) is 10.2 Å². The second kappa shape index (κ2) is 8.19. The van der Waals surface area contributed by atoms with Gasteiger partial charge < -0.3 is 4.90 Å². The number of nitrogens with zero attached hydrogens (tertiary/aromatic N) is 4. The summed E-state index contributed by atoms with van der Waals surface area (Å²) in [7, 11) is 1.89. The Morgan fingerprint density at radius 3 is 2.70 bits per heavy atom. The zero-order valence-electron chi connectivity index (χ0n) is 18.0. The number of aromatic nitrogens is 2. The minimum absolute atomic E-state index is 0.0554. The molecule has 2 N–H and O–H groups in total. The molecule has 0 amide bonds. The zero-order valence-corrected chi connectivity index (χ0v) is 18.8. The molecule has 4 aromatic rings. The minimum Gasteiger partial charge on any atom is -0.329 e. The third-order valence-corrected chi connectivity index (χ3v) is 6.34. The fourth-order valence-electron chi connectivity index (χ4n) is 4.19. The fourth-order valence-corrected chi connectivity index (χ4v) is 4.36. The van der Waals surface area contributed by atoms with Crippen molar-refractivity contribution in [2.75, 3.05) is 11.9 Å². The maximum atomic E-state index is 9.76. The summed E-state index contributed by atoms with van der Waals surface area (Å²) in [6.07, 6.45) is 3.46. The van der Waals surface area contributed by atoms with Crippen LogP contribution in [0, 0.1) is 22.1 Å². The van der Waals surface area contributed by atoms with Crippen molar-refractivity contribution >= 4 is 40.3 Å². The number of anilines is 2. The average molecular weight is 453 g/mol. The van der Waals surface area contributed by atoms with Gasteiger partial charge in [0.05, 0.1) is 23.5 Å². The van der Waals surface area contributed by atoms with Gasteiger partial charge in [-0.25, -0.2) is 0 Å². The van der Waals surface area contributed by atoms with E-state index in [0.29, 0.717) is 27.8 Å². The van der Waals surface area contributed by atoms with Crippen LogP contribution in [-0.4, -0.2) is 22.9 Å². The molecular formula is C26H21ClN6. The molecule has 1 heterocycles. The van der Waals surface area contributed by atoms with E-state index in [2.05, 4.69) is 17.1 Å². The summed E-state index contributed by atoms with van der Waals surface area (Å²) in [5.41, 5.74) is 5.22. The van der Waals surface area contributed by atoms with Crippen LogP contribution in [0.15, 0.2) is 60.7 Å². The lowest BCUT2D eigenvalue weighted by atomic mass is 9.96. The predicted octanol–water partition coefficient (Wildman–Crippen LogP) is 5.81. The van der Waals surface area contributed by atoms with Crippen LogP contribution in [0.4, 0.5) is 11.5 Å².